The SMILES string of the molecule is COc1ccc(-c2nc3c(n2O)-c2nonc2CC3)cc1. The normalized spacial score (nSPS) is 12.8. The molecule has 0 aliphatic heterocycles. The molecule has 3 aromatic rings. The zero-order valence-corrected chi connectivity index (χ0v) is 11.3. The van der Waals surface area contributed by atoms with E-state index in [1.54, 1.807) is 7.11 Å². The Kier molecular flexibility index (Phi) is 2.47. The molecule has 1 aromatic carbocycles. The molecule has 2 aromatic heterocycles. The first-order chi connectivity index (χ1) is 10.3. The van der Waals surface area contributed by atoms with Crippen molar-refractivity contribution in [3.05, 3.63) is 35.7 Å². The van der Waals surface area contributed by atoms with Gasteiger partial charge in [0, 0.05) is 12.0 Å². The molecule has 2 heterocycles. The van der Waals surface area contributed by atoms with Gasteiger partial charge >= 0.3 is 0 Å². The van der Waals surface area contributed by atoms with Crippen LogP contribution in [0.15, 0.2) is 28.9 Å². The van der Waals surface area contributed by atoms with E-state index < -0.39 is 0 Å². The van der Waals surface area contributed by atoms with Crippen LogP contribution in [0.25, 0.3) is 22.8 Å². The van der Waals surface area contributed by atoms with Crippen molar-refractivity contribution >= 4 is 0 Å². The minimum absolute atomic E-state index is 0.471. The quantitative estimate of drug-likeness (QED) is 0.724. The maximum atomic E-state index is 10.4. The van der Waals surface area contributed by atoms with Crippen LogP contribution in [0.5, 0.6) is 5.75 Å². The Bertz CT molecular complexity index is 804. The van der Waals surface area contributed by atoms with Gasteiger partial charge in [0.1, 0.15) is 17.1 Å². The van der Waals surface area contributed by atoms with Crippen molar-refractivity contribution in [1.29, 1.82) is 0 Å². The van der Waals surface area contributed by atoms with E-state index in [2.05, 4.69) is 15.3 Å². The van der Waals surface area contributed by atoms with Crippen molar-refractivity contribution in [2.45, 2.75) is 12.8 Å². The Morgan fingerprint density at radius 2 is 1.90 bits per heavy atom. The molecule has 1 aliphatic carbocycles. The van der Waals surface area contributed by atoms with E-state index in [0.717, 1.165) is 27.4 Å². The van der Waals surface area contributed by atoms with E-state index in [-0.39, 0.29) is 0 Å². The third kappa shape index (κ3) is 1.70. The molecule has 0 radical (unpaired) electrons. The predicted octanol–water partition coefficient (Wildman–Crippen LogP) is 1.94. The van der Waals surface area contributed by atoms with E-state index in [0.29, 0.717) is 30.1 Å². The number of aryl methyl sites for hydroxylation is 2. The van der Waals surface area contributed by atoms with E-state index in [1.165, 1.54) is 0 Å². The molecule has 7 heteroatoms. The van der Waals surface area contributed by atoms with Gasteiger partial charge in [0.25, 0.3) is 0 Å². The third-order valence-corrected chi connectivity index (χ3v) is 3.65. The smallest absolute Gasteiger partial charge is 0.176 e. The molecule has 0 bridgehead atoms. The molecule has 4 rings (SSSR count). The van der Waals surface area contributed by atoms with Gasteiger partial charge in [0.2, 0.25) is 0 Å². The average Bonchev–Trinajstić information content (AvgIpc) is 3.11. The van der Waals surface area contributed by atoms with Gasteiger partial charge in [-0.1, -0.05) is 5.16 Å². The second-order valence-electron chi connectivity index (χ2n) is 4.83. The van der Waals surface area contributed by atoms with E-state index in [9.17, 15) is 5.21 Å². The molecule has 0 saturated heterocycles. The molecule has 106 valence electrons. The Labute approximate surface area is 119 Å². The van der Waals surface area contributed by atoms with Gasteiger partial charge in [-0.15, -0.1) is 0 Å². The minimum Gasteiger partial charge on any atom is -0.497 e. The molecular weight excluding hydrogens is 272 g/mol. The molecule has 0 spiro atoms. The molecule has 7 nitrogen and oxygen atoms in total. The van der Waals surface area contributed by atoms with Crippen LogP contribution >= 0.6 is 0 Å². The minimum atomic E-state index is 0.471. The Balaban J connectivity index is 1.85. The predicted molar refractivity (Wildman–Crippen MR) is 72.1 cm³/mol. The number of aromatic nitrogens is 4. The summed E-state index contributed by atoms with van der Waals surface area (Å²) in [5.41, 5.74) is 3.46. The lowest BCUT2D eigenvalue weighted by Gasteiger charge is -2.07. The van der Waals surface area contributed by atoms with E-state index in [4.69, 9.17) is 9.37 Å². The summed E-state index contributed by atoms with van der Waals surface area (Å²) >= 11 is 0. The molecule has 1 N–H and O–H groups in total. The molecule has 0 atom stereocenters. The number of benzene rings is 1. The number of imidazole rings is 1. The van der Waals surface area contributed by atoms with Crippen molar-refractivity contribution in [1.82, 2.24) is 20.0 Å². The molecule has 1 aliphatic rings. The number of ether oxygens (including phenoxy) is 1. The summed E-state index contributed by atoms with van der Waals surface area (Å²) in [6, 6.07) is 7.35. The molecule has 0 saturated carbocycles. The van der Waals surface area contributed by atoms with Crippen molar-refractivity contribution < 1.29 is 14.6 Å². The van der Waals surface area contributed by atoms with Gasteiger partial charge in [-0.3, -0.25) is 0 Å². The van der Waals surface area contributed by atoms with Gasteiger partial charge in [-0.2, -0.15) is 4.73 Å². The standard InChI is InChI=1S/C14H12N4O3/c1-20-9-4-2-8(3-5-9)14-15-11-7-6-10-12(17-21-16-10)13(11)18(14)19/h2-5,19H,6-7H2,1H3. The van der Waals surface area contributed by atoms with E-state index in [1.807, 2.05) is 24.3 Å². The lowest BCUT2D eigenvalue weighted by Crippen LogP contribution is -2.06. The van der Waals surface area contributed by atoms with Crippen molar-refractivity contribution in [3.8, 4) is 28.5 Å². The first kappa shape index (κ1) is 12.0. The summed E-state index contributed by atoms with van der Waals surface area (Å²) in [5.74, 6) is 1.22. The van der Waals surface area contributed by atoms with Crippen LogP contribution < -0.4 is 4.74 Å². The number of nitrogens with zero attached hydrogens (tertiary/aromatic N) is 4. The van der Waals surface area contributed by atoms with Gasteiger partial charge in [0.15, 0.2) is 11.5 Å². The Hall–Kier alpha value is -2.83. The van der Waals surface area contributed by atoms with Gasteiger partial charge < -0.3 is 9.94 Å². The highest BCUT2D eigenvalue weighted by molar-refractivity contribution is 5.68. The Morgan fingerprint density at radius 3 is 2.67 bits per heavy atom. The zero-order chi connectivity index (χ0) is 14.4. The summed E-state index contributed by atoms with van der Waals surface area (Å²) in [6.45, 7) is 0. The van der Waals surface area contributed by atoms with Gasteiger partial charge in [-0.25, -0.2) is 9.61 Å². The van der Waals surface area contributed by atoms with Crippen molar-refractivity contribution in [2.75, 3.05) is 7.11 Å². The summed E-state index contributed by atoms with van der Waals surface area (Å²) in [7, 11) is 1.61. The maximum absolute atomic E-state index is 10.4. The fourth-order valence-corrected chi connectivity index (χ4v) is 2.58. The second kappa shape index (κ2) is 4.34. The van der Waals surface area contributed by atoms with Crippen LogP contribution in [-0.4, -0.2) is 32.3 Å². The van der Waals surface area contributed by atoms with Crippen LogP contribution in [0.3, 0.4) is 0 Å². The van der Waals surface area contributed by atoms with Gasteiger partial charge in [0.05, 0.1) is 12.8 Å². The molecule has 0 amide bonds. The molecule has 0 unspecified atom stereocenters. The lowest BCUT2D eigenvalue weighted by atomic mass is 10.0. The number of hydrogen-bond donors (Lipinski definition) is 1. The van der Waals surface area contributed by atoms with Crippen molar-refractivity contribution in [3.63, 3.8) is 0 Å². The number of methoxy groups -OCH3 is 1. The molecule has 21 heavy (non-hydrogen) atoms. The van der Waals surface area contributed by atoms with Crippen LogP contribution in [0.2, 0.25) is 0 Å². The molecule has 0 fully saturated rings. The number of hydrogen-bond acceptors (Lipinski definition) is 6. The summed E-state index contributed by atoms with van der Waals surface area (Å²) in [5, 5.41) is 18.1. The summed E-state index contributed by atoms with van der Waals surface area (Å²) in [4.78, 5) is 4.52. The lowest BCUT2D eigenvalue weighted by molar-refractivity contribution is 0.194. The highest BCUT2D eigenvalue weighted by Crippen LogP contribution is 2.34. The second-order valence-corrected chi connectivity index (χ2v) is 4.83. The largest absolute Gasteiger partial charge is 0.497 e. The first-order valence-electron chi connectivity index (χ1n) is 6.55. The zero-order valence-electron chi connectivity index (χ0n) is 11.3. The first-order valence-corrected chi connectivity index (χ1v) is 6.55. The highest BCUT2D eigenvalue weighted by atomic mass is 16.6. The maximum Gasteiger partial charge on any atom is 0.176 e. The summed E-state index contributed by atoms with van der Waals surface area (Å²) < 4.78 is 10.9. The van der Waals surface area contributed by atoms with Crippen LogP contribution in [-0.2, 0) is 12.8 Å². The number of fused-ring (bicyclic) bond motifs is 3. The fraction of sp³-hybridized carbons (Fsp3) is 0.214. The topological polar surface area (TPSA) is 86.2 Å². The molecular formula is C14H12N4O3. The monoisotopic (exact) mass is 284 g/mol. The van der Waals surface area contributed by atoms with Crippen LogP contribution in [0.4, 0.5) is 0 Å². The average molecular weight is 284 g/mol. The fourth-order valence-electron chi connectivity index (χ4n) is 2.58. The van der Waals surface area contributed by atoms with Gasteiger partial charge in [-0.05, 0) is 35.8 Å². The highest BCUT2D eigenvalue weighted by Gasteiger charge is 2.29. The third-order valence-electron chi connectivity index (χ3n) is 3.65. The van der Waals surface area contributed by atoms with Crippen LogP contribution in [0, 0.1) is 0 Å². The van der Waals surface area contributed by atoms with Crippen molar-refractivity contribution in [2.24, 2.45) is 0 Å². The van der Waals surface area contributed by atoms with Crippen LogP contribution in [0.1, 0.15) is 11.4 Å². The Morgan fingerprint density at radius 1 is 1.14 bits per heavy atom. The summed E-state index contributed by atoms with van der Waals surface area (Å²) in [6.07, 6.45) is 1.41. The van der Waals surface area contributed by atoms with E-state index >= 15 is 0 Å². The number of rotatable bonds is 2.